The maximum Gasteiger partial charge on any atom is 0.233 e. The van der Waals surface area contributed by atoms with Crippen molar-refractivity contribution >= 4 is 17.7 Å². The van der Waals surface area contributed by atoms with Crippen molar-refractivity contribution in [2.24, 2.45) is 7.05 Å². The minimum atomic E-state index is 0.0784. The van der Waals surface area contributed by atoms with Crippen LogP contribution in [0.15, 0.2) is 29.7 Å². The summed E-state index contributed by atoms with van der Waals surface area (Å²) in [6.45, 7) is 5.27. The van der Waals surface area contributed by atoms with Gasteiger partial charge in [0.15, 0.2) is 11.0 Å². The molecule has 1 saturated heterocycles. The van der Waals surface area contributed by atoms with Crippen molar-refractivity contribution in [3.63, 3.8) is 0 Å². The molecule has 128 valence electrons. The maximum absolute atomic E-state index is 12.4. The van der Waals surface area contributed by atoms with Crippen LogP contribution >= 0.6 is 11.8 Å². The van der Waals surface area contributed by atoms with Crippen molar-refractivity contribution in [1.29, 1.82) is 0 Å². The quantitative estimate of drug-likeness (QED) is 0.782. The summed E-state index contributed by atoms with van der Waals surface area (Å²) in [5.41, 5.74) is 0.904. The van der Waals surface area contributed by atoms with E-state index >= 15 is 0 Å². The highest BCUT2D eigenvalue weighted by Gasteiger charge is 2.26. The lowest BCUT2D eigenvalue weighted by molar-refractivity contribution is -0.140. The van der Waals surface area contributed by atoms with Crippen molar-refractivity contribution in [3.8, 4) is 11.4 Å². The van der Waals surface area contributed by atoms with Gasteiger partial charge in [-0.2, -0.15) is 0 Å². The number of rotatable bonds is 4. The van der Waals surface area contributed by atoms with Gasteiger partial charge in [-0.05, 0) is 26.0 Å². The van der Waals surface area contributed by atoms with E-state index in [1.807, 2.05) is 42.5 Å². The highest BCUT2D eigenvalue weighted by Crippen LogP contribution is 2.22. The third kappa shape index (κ3) is 3.76. The van der Waals surface area contributed by atoms with E-state index in [1.54, 1.807) is 12.4 Å². The van der Waals surface area contributed by atoms with Gasteiger partial charge in [-0.25, -0.2) is 0 Å². The first-order chi connectivity index (χ1) is 11.5. The van der Waals surface area contributed by atoms with Crippen molar-refractivity contribution in [2.75, 3.05) is 18.8 Å². The highest BCUT2D eigenvalue weighted by atomic mass is 32.2. The Kier molecular flexibility index (Phi) is 5.15. The van der Waals surface area contributed by atoms with E-state index in [0.717, 1.165) is 16.5 Å². The van der Waals surface area contributed by atoms with E-state index in [2.05, 4.69) is 15.2 Å². The molecule has 0 bridgehead atoms. The molecule has 2 atom stereocenters. The molecule has 1 aliphatic rings. The van der Waals surface area contributed by atoms with Crippen LogP contribution in [0, 0.1) is 0 Å². The number of hydrogen-bond donors (Lipinski definition) is 0. The van der Waals surface area contributed by atoms with Crippen LogP contribution in [0.5, 0.6) is 0 Å². The first-order valence-corrected chi connectivity index (χ1v) is 8.89. The molecular formula is C16H21N5O2S. The van der Waals surface area contributed by atoms with Crippen LogP contribution in [0.25, 0.3) is 11.4 Å². The van der Waals surface area contributed by atoms with Crippen molar-refractivity contribution in [1.82, 2.24) is 24.6 Å². The number of nitrogens with zero attached hydrogens (tertiary/aromatic N) is 5. The molecule has 3 rings (SSSR count). The molecule has 2 aromatic heterocycles. The molecule has 8 heteroatoms. The third-order valence-corrected chi connectivity index (χ3v) is 4.86. The maximum atomic E-state index is 12.4. The molecule has 0 aromatic carbocycles. The van der Waals surface area contributed by atoms with Gasteiger partial charge in [0, 0.05) is 38.1 Å². The molecule has 24 heavy (non-hydrogen) atoms. The van der Waals surface area contributed by atoms with Gasteiger partial charge in [-0.1, -0.05) is 11.8 Å². The summed E-state index contributed by atoms with van der Waals surface area (Å²) >= 11 is 1.40. The van der Waals surface area contributed by atoms with E-state index < -0.39 is 0 Å². The lowest BCUT2D eigenvalue weighted by Crippen LogP contribution is -2.48. The zero-order valence-electron chi connectivity index (χ0n) is 14.0. The van der Waals surface area contributed by atoms with Crippen molar-refractivity contribution in [3.05, 3.63) is 24.5 Å². The van der Waals surface area contributed by atoms with Gasteiger partial charge in [-0.15, -0.1) is 10.2 Å². The molecule has 1 aliphatic heterocycles. The van der Waals surface area contributed by atoms with Crippen LogP contribution in [0.4, 0.5) is 0 Å². The third-order valence-electron chi connectivity index (χ3n) is 3.85. The second kappa shape index (κ2) is 7.31. The predicted molar refractivity (Wildman–Crippen MR) is 91.5 cm³/mol. The number of pyridine rings is 1. The van der Waals surface area contributed by atoms with Gasteiger partial charge in [-0.3, -0.25) is 9.78 Å². The van der Waals surface area contributed by atoms with Gasteiger partial charge < -0.3 is 14.2 Å². The minimum Gasteiger partial charge on any atom is -0.372 e. The number of morpholine rings is 1. The Labute approximate surface area is 145 Å². The molecule has 0 aliphatic carbocycles. The summed E-state index contributed by atoms with van der Waals surface area (Å²) in [5, 5.41) is 9.12. The SMILES string of the molecule is CC1CN(C(=O)CSc2nnc(-c3cccnc3)n2C)CC(C)O1. The molecule has 1 fully saturated rings. The molecule has 0 N–H and O–H groups in total. The zero-order chi connectivity index (χ0) is 17.1. The molecule has 1 amide bonds. The van der Waals surface area contributed by atoms with Crippen LogP contribution in [-0.4, -0.2) is 61.6 Å². The average Bonchev–Trinajstić information content (AvgIpc) is 2.93. The standard InChI is InChI=1S/C16H21N5O2S/c1-11-8-21(9-12(2)23-11)14(22)10-24-16-19-18-15(20(16)3)13-5-4-6-17-7-13/h4-7,11-12H,8-10H2,1-3H3. The molecule has 0 spiro atoms. The number of thioether (sulfide) groups is 1. The van der Waals surface area contributed by atoms with Crippen LogP contribution in [0.2, 0.25) is 0 Å². The Morgan fingerprint density at radius 2 is 2.08 bits per heavy atom. The molecule has 3 heterocycles. The fraction of sp³-hybridized carbons (Fsp3) is 0.500. The number of carbonyl (C=O) groups excluding carboxylic acids is 1. The van der Waals surface area contributed by atoms with Crippen LogP contribution in [0.3, 0.4) is 0 Å². The Bertz CT molecular complexity index is 696. The molecule has 2 unspecified atom stereocenters. The van der Waals surface area contributed by atoms with Crippen molar-refractivity contribution < 1.29 is 9.53 Å². The molecular weight excluding hydrogens is 326 g/mol. The number of ether oxygens (including phenoxy) is 1. The molecule has 2 aromatic rings. The first-order valence-electron chi connectivity index (χ1n) is 7.90. The fourth-order valence-electron chi connectivity index (χ4n) is 2.79. The Morgan fingerprint density at radius 3 is 2.75 bits per heavy atom. The van der Waals surface area contributed by atoms with Crippen LogP contribution in [-0.2, 0) is 16.6 Å². The summed E-state index contributed by atoms with van der Waals surface area (Å²) in [4.78, 5) is 18.4. The van der Waals surface area contributed by atoms with Crippen molar-refractivity contribution in [2.45, 2.75) is 31.2 Å². The van der Waals surface area contributed by atoms with E-state index in [9.17, 15) is 4.79 Å². The minimum absolute atomic E-state index is 0.0784. The lowest BCUT2D eigenvalue weighted by Gasteiger charge is -2.35. The summed E-state index contributed by atoms with van der Waals surface area (Å²) in [7, 11) is 1.90. The number of aromatic nitrogens is 4. The van der Waals surface area contributed by atoms with E-state index in [0.29, 0.717) is 18.8 Å². The van der Waals surface area contributed by atoms with Gasteiger partial charge >= 0.3 is 0 Å². The largest absolute Gasteiger partial charge is 0.372 e. The van der Waals surface area contributed by atoms with Crippen LogP contribution in [0.1, 0.15) is 13.8 Å². The Morgan fingerprint density at radius 1 is 1.33 bits per heavy atom. The molecule has 0 saturated carbocycles. The normalized spacial score (nSPS) is 21.0. The summed E-state index contributed by atoms with van der Waals surface area (Å²) < 4.78 is 7.56. The van der Waals surface area contributed by atoms with Gasteiger partial charge in [0.1, 0.15) is 0 Å². The number of amides is 1. The predicted octanol–water partition coefficient (Wildman–Crippen LogP) is 1.60. The lowest BCUT2D eigenvalue weighted by atomic mass is 10.2. The van der Waals surface area contributed by atoms with E-state index in [4.69, 9.17) is 4.74 Å². The molecule has 7 nitrogen and oxygen atoms in total. The van der Waals surface area contributed by atoms with Crippen LogP contribution < -0.4 is 0 Å². The number of hydrogen-bond acceptors (Lipinski definition) is 6. The molecule has 0 radical (unpaired) electrons. The Balaban J connectivity index is 1.63. The highest BCUT2D eigenvalue weighted by molar-refractivity contribution is 7.99. The summed E-state index contributed by atoms with van der Waals surface area (Å²) in [5.74, 6) is 1.19. The smallest absolute Gasteiger partial charge is 0.233 e. The summed E-state index contributed by atoms with van der Waals surface area (Å²) in [6.07, 6.45) is 3.63. The Hall–Kier alpha value is -1.93. The van der Waals surface area contributed by atoms with E-state index in [1.165, 1.54) is 11.8 Å². The first kappa shape index (κ1) is 16.9. The van der Waals surface area contributed by atoms with Gasteiger partial charge in [0.2, 0.25) is 5.91 Å². The van der Waals surface area contributed by atoms with Gasteiger partial charge in [0.05, 0.1) is 18.0 Å². The fourth-order valence-corrected chi connectivity index (χ4v) is 3.60. The monoisotopic (exact) mass is 347 g/mol. The van der Waals surface area contributed by atoms with E-state index in [-0.39, 0.29) is 18.1 Å². The second-order valence-corrected chi connectivity index (χ2v) is 6.89. The summed E-state index contributed by atoms with van der Waals surface area (Å²) in [6, 6.07) is 3.80. The van der Waals surface area contributed by atoms with Gasteiger partial charge in [0.25, 0.3) is 0 Å². The second-order valence-electron chi connectivity index (χ2n) is 5.95. The average molecular weight is 347 g/mol. The number of carbonyl (C=O) groups is 1. The topological polar surface area (TPSA) is 73.1 Å². The zero-order valence-corrected chi connectivity index (χ0v) is 14.9.